The van der Waals surface area contributed by atoms with Crippen molar-refractivity contribution in [2.24, 2.45) is 11.3 Å². The van der Waals surface area contributed by atoms with Crippen LogP contribution in [0.2, 0.25) is 0 Å². The Morgan fingerprint density at radius 3 is 2.29 bits per heavy atom. The minimum atomic E-state index is -1.30. The second-order valence-corrected chi connectivity index (χ2v) is 5.31. The van der Waals surface area contributed by atoms with E-state index in [-0.39, 0.29) is 23.8 Å². The predicted octanol–water partition coefficient (Wildman–Crippen LogP) is 0.709. The van der Waals surface area contributed by atoms with Crippen LogP contribution in [0.25, 0.3) is 0 Å². The molecule has 2 N–H and O–H groups in total. The highest BCUT2D eigenvalue weighted by molar-refractivity contribution is 5.78. The van der Waals surface area contributed by atoms with Gasteiger partial charge < -0.3 is 15.2 Å². The lowest BCUT2D eigenvalue weighted by Gasteiger charge is -2.26. The van der Waals surface area contributed by atoms with Gasteiger partial charge in [-0.2, -0.15) is 0 Å². The number of rotatable bonds is 5. The number of carbonyl (C=O) groups excluding carboxylic acids is 2. The first-order valence-electron chi connectivity index (χ1n) is 5.71. The Labute approximate surface area is 103 Å². The van der Waals surface area contributed by atoms with Crippen molar-refractivity contribution in [1.82, 2.24) is 5.32 Å². The summed E-state index contributed by atoms with van der Waals surface area (Å²) in [5, 5.41) is 11.8. The lowest BCUT2D eigenvalue weighted by Crippen LogP contribution is -2.38. The van der Waals surface area contributed by atoms with Crippen LogP contribution in [0.5, 0.6) is 0 Å². The molecule has 0 aliphatic carbocycles. The number of hydrogen-bond acceptors (Lipinski definition) is 4. The minimum absolute atomic E-state index is 0.0539. The summed E-state index contributed by atoms with van der Waals surface area (Å²) in [7, 11) is 1.19. The molecule has 2 unspecified atom stereocenters. The van der Waals surface area contributed by atoms with Crippen LogP contribution in [-0.4, -0.2) is 36.7 Å². The van der Waals surface area contributed by atoms with Crippen LogP contribution < -0.4 is 5.32 Å². The molecule has 5 heteroatoms. The summed E-state index contributed by atoms with van der Waals surface area (Å²) in [5.41, 5.74) is 0.0539. The van der Waals surface area contributed by atoms with Gasteiger partial charge in [-0.25, -0.2) is 4.79 Å². The van der Waals surface area contributed by atoms with Gasteiger partial charge in [-0.15, -0.1) is 0 Å². The van der Waals surface area contributed by atoms with Crippen LogP contribution in [-0.2, 0) is 14.3 Å². The van der Waals surface area contributed by atoms with Gasteiger partial charge in [0.1, 0.15) is 0 Å². The molecule has 0 radical (unpaired) electrons. The molecule has 0 spiro atoms. The van der Waals surface area contributed by atoms with E-state index in [9.17, 15) is 14.7 Å². The van der Waals surface area contributed by atoms with E-state index in [1.807, 2.05) is 6.92 Å². The van der Waals surface area contributed by atoms with E-state index in [1.165, 1.54) is 7.11 Å². The molecular formula is C12H23NO4. The highest BCUT2D eigenvalue weighted by Gasteiger charge is 2.23. The Morgan fingerprint density at radius 2 is 1.88 bits per heavy atom. The number of carbonyl (C=O) groups is 2. The topological polar surface area (TPSA) is 75.6 Å². The van der Waals surface area contributed by atoms with Gasteiger partial charge in [0.05, 0.1) is 13.7 Å². The molecule has 0 aromatic rings. The fraction of sp³-hybridized carbons (Fsp3) is 0.833. The molecule has 1 amide bonds. The number of methoxy groups -OCH3 is 1. The largest absolute Gasteiger partial charge is 0.467 e. The standard InChI is InChI=1S/C12H23NO4/c1-8(12(2,3)4)6-10(15)13-7-9(14)11(16)17-5/h8-9,14H,6-7H2,1-5H3,(H,13,15). The summed E-state index contributed by atoms with van der Waals surface area (Å²) in [6, 6.07) is 0. The second-order valence-electron chi connectivity index (χ2n) is 5.31. The van der Waals surface area contributed by atoms with Crippen LogP contribution in [0, 0.1) is 11.3 Å². The number of aliphatic hydroxyl groups is 1. The number of nitrogens with one attached hydrogen (secondary N) is 1. The number of esters is 1. The maximum Gasteiger partial charge on any atom is 0.336 e. The smallest absolute Gasteiger partial charge is 0.336 e. The quantitative estimate of drug-likeness (QED) is 0.699. The van der Waals surface area contributed by atoms with Crippen molar-refractivity contribution in [2.75, 3.05) is 13.7 Å². The van der Waals surface area contributed by atoms with E-state index in [2.05, 4.69) is 30.8 Å². The summed E-state index contributed by atoms with van der Waals surface area (Å²) in [5.74, 6) is -0.692. The van der Waals surface area contributed by atoms with Gasteiger partial charge in [-0.1, -0.05) is 27.7 Å². The van der Waals surface area contributed by atoms with E-state index >= 15 is 0 Å². The molecule has 0 saturated carbocycles. The summed E-state index contributed by atoms with van der Waals surface area (Å²) < 4.78 is 4.34. The normalized spacial score (nSPS) is 14.9. The molecule has 17 heavy (non-hydrogen) atoms. The maximum atomic E-state index is 11.5. The molecular weight excluding hydrogens is 222 g/mol. The Kier molecular flexibility index (Phi) is 6.16. The lowest BCUT2D eigenvalue weighted by atomic mass is 9.80. The Balaban J connectivity index is 4.00. The van der Waals surface area contributed by atoms with Crippen molar-refractivity contribution >= 4 is 11.9 Å². The van der Waals surface area contributed by atoms with Crippen molar-refractivity contribution in [1.29, 1.82) is 0 Å². The van der Waals surface area contributed by atoms with E-state index in [0.717, 1.165) is 0 Å². The van der Waals surface area contributed by atoms with Crippen LogP contribution in [0.1, 0.15) is 34.1 Å². The van der Waals surface area contributed by atoms with Crippen molar-refractivity contribution in [3.63, 3.8) is 0 Å². The average Bonchev–Trinajstić information content (AvgIpc) is 2.23. The highest BCUT2D eigenvalue weighted by Crippen LogP contribution is 2.27. The molecule has 2 atom stereocenters. The molecule has 0 aliphatic rings. The molecule has 0 aromatic carbocycles. The summed E-state index contributed by atoms with van der Waals surface area (Å²) in [4.78, 5) is 22.4. The number of amides is 1. The SMILES string of the molecule is COC(=O)C(O)CNC(=O)CC(C)C(C)(C)C. The molecule has 0 bridgehead atoms. The van der Waals surface area contributed by atoms with E-state index in [1.54, 1.807) is 0 Å². The molecule has 0 aromatic heterocycles. The third-order valence-electron chi connectivity index (χ3n) is 2.94. The third-order valence-corrected chi connectivity index (χ3v) is 2.94. The van der Waals surface area contributed by atoms with Crippen LogP contribution in [0.15, 0.2) is 0 Å². The molecule has 0 rings (SSSR count). The number of aliphatic hydroxyl groups excluding tert-OH is 1. The number of ether oxygens (including phenoxy) is 1. The van der Waals surface area contributed by atoms with Crippen molar-refractivity contribution in [3.8, 4) is 0 Å². The fourth-order valence-corrected chi connectivity index (χ4v) is 1.09. The van der Waals surface area contributed by atoms with E-state index in [0.29, 0.717) is 6.42 Å². The Hall–Kier alpha value is -1.10. The molecule has 100 valence electrons. The molecule has 0 aliphatic heterocycles. The molecule has 0 fully saturated rings. The van der Waals surface area contributed by atoms with Crippen molar-refractivity contribution in [3.05, 3.63) is 0 Å². The van der Waals surface area contributed by atoms with Gasteiger partial charge >= 0.3 is 5.97 Å². The zero-order valence-electron chi connectivity index (χ0n) is 11.2. The third kappa shape index (κ3) is 6.26. The van der Waals surface area contributed by atoms with Gasteiger partial charge in [0.25, 0.3) is 0 Å². The monoisotopic (exact) mass is 245 g/mol. The Morgan fingerprint density at radius 1 is 1.35 bits per heavy atom. The van der Waals surface area contributed by atoms with Gasteiger partial charge in [0, 0.05) is 6.42 Å². The van der Waals surface area contributed by atoms with Gasteiger partial charge in [0.15, 0.2) is 6.10 Å². The lowest BCUT2D eigenvalue weighted by molar-refractivity contribution is -0.150. The molecule has 5 nitrogen and oxygen atoms in total. The summed E-state index contributed by atoms with van der Waals surface area (Å²) >= 11 is 0. The molecule has 0 saturated heterocycles. The molecule has 0 heterocycles. The minimum Gasteiger partial charge on any atom is -0.467 e. The maximum absolute atomic E-state index is 11.5. The fourth-order valence-electron chi connectivity index (χ4n) is 1.09. The van der Waals surface area contributed by atoms with Crippen LogP contribution in [0.3, 0.4) is 0 Å². The number of hydrogen-bond donors (Lipinski definition) is 2. The van der Waals surface area contributed by atoms with Crippen LogP contribution in [0.4, 0.5) is 0 Å². The second kappa shape index (κ2) is 6.59. The van der Waals surface area contributed by atoms with E-state index < -0.39 is 12.1 Å². The first-order chi connectivity index (χ1) is 7.68. The van der Waals surface area contributed by atoms with Gasteiger partial charge in [0.2, 0.25) is 5.91 Å². The van der Waals surface area contributed by atoms with Gasteiger partial charge in [-0.05, 0) is 11.3 Å². The summed E-state index contributed by atoms with van der Waals surface area (Å²) in [6.07, 6.45) is -0.925. The highest BCUT2D eigenvalue weighted by atomic mass is 16.5. The van der Waals surface area contributed by atoms with Crippen molar-refractivity contribution in [2.45, 2.75) is 40.2 Å². The van der Waals surface area contributed by atoms with E-state index in [4.69, 9.17) is 0 Å². The predicted molar refractivity (Wildman–Crippen MR) is 64.3 cm³/mol. The van der Waals surface area contributed by atoms with Gasteiger partial charge in [-0.3, -0.25) is 4.79 Å². The first kappa shape index (κ1) is 15.9. The van der Waals surface area contributed by atoms with Crippen LogP contribution >= 0.6 is 0 Å². The zero-order valence-corrected chi connectivity index (χ0v) is 11.2. The first-order valence-corrected chi connectivity index (χ1v) is 5.71. The zero-order chi connectivity index (χ0) is 13.6. The van der Waals surface area contributed by atoms with Crippen molar-refractivity contribution < 1.29 is 19.4 Å². The Bertz CT molecular complexity index is 270. The summed E-state index contributed by atoms with van der Waals surface area (Å²) in [6.45, 7) is 8.08. The average molecular weight is 245 g/mol.